The molecule has 1 aliphatic carbocycles. The first kappa shape index (κ1) is 19.3. The Morgan fingerprint density at radius 1 is 1.27 bits per heavy atom. The smallest absolute Gasteiger partial charge is 0.226 e. The molecule has 146 valence electrons. The van der Waals surface area contributed by atoms with Crippen LogP contribution in [0.5, 0.6) is 0 Å². The summed E-state index contributed by atoms with van der Waals surface area (Å²) >= 11 is 0. The summed E-state index contributed by atoms with van der Waals surface area (Å²) < 4.78 is 5.31. The molecule has 1 saturated heterocycles. The van der Waals surface area contributed by atoms with E-state index in [9.17, 15) is 9.90 Å². The molecule has 0 aromatic carbocycles. The predicted octanol–water partition coefficient (Wildman–Crippen LogP) is 3.23. The van der Waals surface area contributed by atoms with E-state index in [1.807, 2.05) is 4.90 Å². The lowest BCUT2D eigenvalue weighted by molar-refractivity contribution is -0.133. The Hall–Kier alpha value is -1.43. The van der Waals surface area contributed by atoms with Crippen molar-refractivity contribution in [1.29, 1.82) is 0 Å². The van der Waals surface area contributed by atoms with Crippen molar-refractivity contribution in [2.45, 2.75) is 96.1 Å². The van der Waals surface area contributed by atoms with Crippen molar-refractivity contribution < 1.29 is 14.4 Å². The molecule has 6 nitrogen and oxygen atoms in total. The van der Waals surface area contributed by atoms with Gasteiger partial charge in [-0.3, -0.25) is 4.79 Å². The van der Waals surface area contributed by atoms with Gasteiger partial charge in [0.05, 0.1) is 6.10 Å². The Morgan fingerprint density at radius 2 is 2.00 bits per heavy atom. The van der Waals surface area contributed by atoms with Gasteiger partial charge >= 0.3 is 0 Å². The molecule has 0 unspecified atom stereocenters. The molecule has 2 fully saturated rings. The molecule has 0 bridgehead atoms. The van der Waals surface area contributed by atoms with Gasteiger partial charge in [0.15, 0.2) is 5.82 Å². The summed E-state index contributed by atoms with van der Waals surface area (Å²) in [5.41, 5.74) is -0.128. The summed E-state index contributed by atoms with van der Waals surface area (Å²) in [5, 5.41) is 14.1. The van der Waals surface area contributed by atoms with Crippen molar-refractivity contribution >= 4 is 5.91 Å². The molecule has 2 heterocycles. The predicted molar refractivity (Wildman–Crippen MR) is 98.6 cm³/mol. The van der Waals surface area contributed by atoms with E-state index < -0.39 is 0 Å². The minimum absolute atomic E-state index is 0.128. The van der Waals surface area contributed by atoms with Gasteiger partial charge in [-0.2, -0.15) is 4.98 Å². The number of aromatic nitrogens is 2. The minimum Gasteiger partial charge on any atom is -0.391 e. The zero-order valence-corrected chi connectivity index (χ0v) is 16.4. The molecule has 1 saturated carbocycles. The molecule has 1 amide bonds. The second kappa shape index (κ2) is 8.07. The maximum Gasteiger partial charge on any atom is 0.226 e. The Morgan fingerprint density at radius 3 is 2.65 bits per heavy atom. The second-order valence-corrected chi connectivity index (χ2v) is 9.02. The SMILES string of the molecule is CC(C)(C)c1noc(CCCC(=O)N2C[C@H](O)C[C@@H]2C2CCCCC2)n1. The third-order valence-corrected chi connectivity index (χ3v) is 5.76. The zero-order chi connectivity index (χ0) is 18.7. The van der Waals surface area contributed by atoms with Crippen LogP contribution in [0.2, 0.25) is 0 Å². The normalized spacial score (nSPS) is 25.0. The van der Waals surface area contributed by atoms with Gasteiger partial charge in [0.2, 0.25) is 11.8 Å². The minimum atomic E-state index is -0.365. The third-order valence-electron chi connectivity index (χ3n) is 5.76. The lowest BCUT2D eigenvalue weighted by Gasteiger charge is -2.33. The zero-order valence-electron chi connectivity index (χ0n) is 16.4. The number of β-amino-alcohol motifs (C(OH)–C–C–N with tert-alkyl or cyclic N) is 1. The monoisotopic (exact) mass is 363 g/mol. The molecule has 0 spiro atoms. The van der Waals surface area contributed by atoms with Gasteiger partial charge in [0.1, 0.15) is 0 Å². The largest absolute Gasteiger partial charge is 0.391 e. The first-order valence-corrected chi connectivity index (χ1v) is 10.1. The second-order valence-electron chi connectivity index (χ2n) is 9.02. The Balaban J connectivity index is 1.51. The molecular formula is C20H33N3O3. The van der Waals surface area contributed by atoms with Crippen LogP contribution in [-0.2, 0) is 16.6 Å². The van der Waals surface area contributed by atoms with Crippen LogP contribution in [0, 0.1) is 5.92 Å². The van der Waals surface area contributed by atoms with E-state index in [0.29, 0.717) is 43.4 Å². The average Bonchev–Trinajstić information content (AvgIpc) is 3.22. The van der Waals surface area contributed by atoms with Crippen molar-refractivity contribution in [3.05, 3.63) is 11.7 Å². The molecule has 26 heavy (non-hydrogen) atoms. The van der Waals surface area contributed by atoms with Crippen molar-refractivity contribution in [2.24, 2.45) is 5.92 Å². The molecule has 2 atom stereocenters. The number of likely N-dealkylation sites (tertiary alicyclic amines) is 1. The topological polar surface area (TPSA) is 79.5 Å². The molecule has 1 N–H and O–H groups in total. The molecule has 6 heteroatoms. The highest BCUT2D eigenvalue weighted by Crippen LogP contribution is 2.34. The maximum atomic E-state index is 12.7. The fraction of sp³-hybridized carbons (Fsp3) is 0.850. The van der Waals surface area contributed by atoms with Crippen molar-refractivity contribution in [3.63, 3.8) is 0 Å². The molecule has 1 aromatic rings. The lowest BCUT2D eigenvalue weighted by atomic mass is 9.82. The highest BCUT2D eigenvalue weighted by molar-refractivity contribution is 5.77. The van der Waals surface area contributed by atoms with Crippen LogP contribution >= 0.6 is 0 Å². The Bertz CT molecular complexity index is 602. The molecular weight excluding hydrogens is 330 g/mol. The Labute approximate surface area is 156 Å². The standard InChI is InChI=1S/C20H33N3O3/c1-20(2,3)19-21-17(26-22-19)10-7-11-18(25)23-13-15(24)12-16(23)14-8-5-4-6-9-14/h14-16,24H,4-13H2,1-3H3/t15-,16-/m1/s1. The summed E-state index contributed by atoms with van der Waals surface area (Å²) in [6.07, 6.45) is 8.39. The summed E-state index contributed by atoms with van der Waals surface area (Å²) in [4.78, 5) is 19.1. The first-order valence-electron chi connectivity index (χ1n) is 10.1. The number of aliphatic hydroxyl groups excluding tert-OH is 1. The average molecular weight is 364 g/mol. The number of amides is 1. The fourth-order valence-electron chi connectivity index (χ4n) is 4.29. The number of nitrogens with zero attached hydrogens (tertiary/aromatic N) is 3. The number of aliphatic hydroxyl groups is 1. The van der Waals surface area contributed by atoms with Crippen LogP contribution < -0.4 is 0 Å². The quantitative estimate of drug-likeness (QED) is 0.869. The molecule has 0 radical (unpaired) electrons. The lowest BCUT2D eigenvalue weighted by Crippen LogP contribution is -2.40. The number of rotatable bonds is 5. The van der Waals surface area contributed by atoms with Gasteiger partial charge in [-0.05, 0) is 31.6 Å². The molecule has 3 rings (SSSR count). The van der Waals surface area contributed by atoms with Crippen LogP contribution in [-0.4, -0.2) is 44.7 Å². The van der Waals surface area contributed by atoms with Crippen molar-refractivity contribution in [3.8, 4) is 0 Å². The van der Waals surface area contributed by atoms with Crippen molar-refractivity contribution in [2.75, 3.05) is 6.54 Å². The van der Waals surface area contributed by atoms with E-state index in [1.165, 1.54) is 32.1 Å². The van der Waals surface area contributed by atoms with Crippen LogP contribution in [0.1, 0.15) is 83.9 Å². The van der Waals surface area contributed by atoms with Gasteiger partial charge in [-0.15, -0.1) is 0 Å². The number of hydrogen-bond acceptors (Lipinski definition) is 5. The van der Waals surface area contributed by atoms with E-state index >= 15 is 0 Å². The summed E-state index contributed by atoms with van der Waals surface area (Å²) in [7, 11) is 0. The van der Waals surface area contributed by atoms with E-state index in [0.717, 1.165) is 6.42 Å². The van der Waals surface area contributed by atoms with E-state index in [1.54, 1.807) is 0 Å². The first-order chi connectivity index (χ1) is 12.3. The molecule has 2 aliphatic rings. The number of carbonyl (C=O) groups is 1. The number of hydrogen-bond donors (Lipinski definition) is 1. The Kier molecular flexibility index (Phi) is 6.00. The van der Waals surface area contributed by atoms with Gasteiger partial charge < -0.3 is 14.5 Å². The van der Waals surface area contributed by atoms with Gasteiger partial charge in [-0.1, -0.05) is 45.2 Å². The van der Waals surface area contributed by atoms with Gasteiger partial charge in [0.25, 0.3) is 0 Å². The highest BCUT2D eigenvalue weighted by Gasteiger charge is 2.38. The van der Waals surface area contributed by atoms with Crippen LogP contribution in [0.25, 0.3) is 0 Å². The van der Waals surface area contributed by atoms with Crippen LogP contribution in [0.15, 0.2) is 4.52 Å². The summed E-state index contributed by atoms with van der Waals surface area (Å²) in [5.74, 6) is 2.04. The van der Waals surface area contributed by atoms with Gasteiger partial charge in [-0.25, -0.2) is 0 Å². The maximum absolute atomic E-state index is 12.7. The van der Waals surface area contributed by atoms with E-state index in [-0.39, 0.29) is 23.5 Å². The molecule has 1 aliphatic heterocycles. The number of carbonyl (C=O) groups excluding carboxylic acids is 1. The van der Waals surface area contributed by atoms with E-state index in [4.69, 9.17) is 4.52 Å². The number of aryl methyl sites for hydroxylation is 1. The van der Waals surface area contributed by atoms with Crippen molar-refractivity contribution in [1.82, 2.24) is 15.0 Å². The van der Waals surface area contributed by atoms with Crippen LogP contribution in [0.4, 0.5) is 0 Å². The fourth-order valence-corrected chi connectivity index (χ4v) is 4.29. The molecule has 1 aromatic heterocycles. The van der Waals surface area contributed by atoms with Gasteiger partial charge in [0, 0.05) is 30.8 Å². The summed E-state index contributed by atoms with van der Waals surface area (Å²) in [6.45, 7) is 6.65. The summed E-state index contributed by atoms with van der Waals surface area (Å²) in [6, 6.07) is 0.230. The highest BCUT2D eigenvalue weighted by atomic mass is 16.5. The van der Waals surface area contributed by atoms with E-state index in [2.05, 4.69) is 30.9 Å². The van der Waals surface area contributed by atoms with Crippen LogP contribution in [0.3, 0.4) is 0 Å². The third kappa shape index (κ3) is 4.64.